The molecule has 2 amide bonds. The van der Waals surface area contributed by atoms with Crippen molar-refractivity contribution in [3.05, 3.63) is 76.9 Å². The van der Waals surface area contributed by atoms with Gasteiger partial charge in [-0.25, -0.2) is 0 Å². The summed E-state index contributed by atoms with van der Waals surface area (Å²) in [5.74, 6) is 0.379. The number of allylic oxidation sites excluding steroid dienone is 1. The fourth-order valence-corrected chi connectivity index (χ4v) is 6.34. The quantitative estimate of drug-likeness (QED) is 0.466. The van der Waals surface area contributed by atoms with Crippen LogP contribution in [-0.2, 0) is 4.79 Å². The van der Waals surface area contributed by atoms with Gasteiger partial charge in [-0.05, 0) is 74.3 Å². The van der Waals surface area contributed by atoms with Gasteiger partial charge in [0.05, 0.1) is 19.1 Å². The molecule has 5 nitrogen and oxygen atoms in total. The predicted molar refractivity (Wildman–Crippen MR) is 142 cm³/mol. The molecule has 1 fully saturated rings. The van der Waals surface area contributed by atoms with Crippen LogP contribution >= 0.6 is 0 Å². The Kier molecular flexibility index (Phi) is 7.74. The Balaban J connectivity index is 1.51. The van der Waals surface area contributed by atoms with Gasteiger partial charge in [-0.2, -0.15) is 0 Å². The fraction of sp³-hybridized carbons (Fsp3) is 0.484. The molecule has 2 aliphatic carbocycles. The molecule has 2 atom stereocenters. The molecule has 2 aromatic rings. The van der Waals surface area contributed by atoms with Crippen molar-refractivity contribution in [1.82, 2.24) is 10.2 Å². The molecule has 190 valence electrons. The number of carbonyl (C=O) groups excluding carboxylic acids is 2. The Morgan fingerprint density at radius 1 is 1.00 bits per heavy atom. The van der Waals surface area contributed by atoms with Gasteiger partial charge in [-0.1, -0.05) is 61.2 Å². The molecule has 0 unspecified atom stereocenters. The number of carbonyl (C=O) groups is 2. The molecule has 0 saturated heterocycles. The molecule has 5 heteroatoms. The lowest BCUT2D eigenvalue weighted by molar-refractivity contribution is -0.124. The first-order valence-corrected chi connectivity index (χ1v) is 13.7. The standard InChI is InChI=1S/C31H38N2O3/c1-36-25-18-16-23(17-19-25)29-28(30(34)32-21-20-22-10-4-2-5-11-22)26-14-8-9-15-27(26)31(35)33(29)24-12-6-3-7-13-24/h8-10,14-19,24,28-29H,2-7,11-13,20-21H2,1H3,(H,32,34)/t28-,29-/m1/s1. The molecule has 1 heterocycles. The summed E-state index contributed by atoms with van der Waals surface area (Å²) in [6.45, 7) is 0.635. The summed E-state index contributed by atoms with van der Waals surface area (Å²) in [7, 11) is 1.65. The number of nitrogens with zero attached hydrogens (tertiary/aromatic N) is 1. The molecule has 1 aliphatic heterocycles. The van der Waals surface area contributed by atoms with Crippen molar-refractivity contribution in [2.75, 3.05) is 13.7 Å². The zero-order valence-electron chi connectivity index (χ0n) is 21.4. The van der Waals surface area contributed by atoms with Crippen LogP contribution in [0.5, 0.6) is 5.75 Å². The number of methoxy groups -OCH3 is 1. The number of ether oxygens (including phenoxy) is 1. The first-order valence-electron chi connectivity index (χ1n) is 13.7. The Morgan fingerprint density at radius 2 is 1.78 bits per heavy atom. The third-order valence-electron chi connectivity index (χ3n) is 8.21. The molecular formula is C31H38N2O3. The first kappa shape index (κ1) is 24.6. The molecule has 1 saturated carbocycles. The minimum atomic E-state index is -0.449. The van der Waals surface area contributed by atoms with Gasteiger partial charge in [0.2, 0.25) is 5.91 Å². The van der Waals surface area contributed by atoms with E-state index in [-0.39, 0.29) is 23.9 Å². The van der Waals surface area contributed by atoms with Crippen LogP contribution in [-0.4, -0.2) is 36.4 Å². The number of benzene rings is 2. The molecule has 5 rings (SSSR count). The minimum Gasteiger partial charge on any atom is -0.497 e. The summed E-state index contributed by atoms with van der Waals surface area (Å²) in [6.07, 6.45) is 13.5. The SMILES string of the molecule is COc1ccc([C@@H]2[C@H](C(=O)NCCC3=CCCCC3)c3ccccc3C(=O)N2C2CCCCC2)cc1. The van der Waals surface area contributed by atoms with Gasteiger partial charge in [-0.15, -0.1) is 0 Å². The largest absolute Gasteiger partial charge is 0.497 e. The average Bonchev–Trinajstić information content (AvgIpc) is 2.94. The molecule has 0 spiro atoms. The van der Waals surface area contributed by atoms with E-state index in [4.69, 9.17) is 4.74 Å². The maximum Gasteiger partial charge on any atom is 0.254 e. The van der Waals surface area contributed by atoms with Crippen LogP contribution in [0.25, 0.3) is 0 Å². The second kappa shape index (κ2) is 11.3. The molecule has 2 aromatic carbocycles. The number of rotatable bonds is 7. The molecule has 1 N–H and O–H groups in total. The van der Waals surface area contributed by atoms with Crippen molar-refractivity contribution >= 4 is 11.8 Å². The molecule has 0 bridgehead atoms. The summed E-state index contributed by atoms with van der Waals surface area (Å²) in [4.78, 5) is 30.0. The Labute approximate surface area is 214 Å². The normalized spacial score (nSPS) is 22.5. The van der Waals surface area contributed by atoms with Crippen molar-refractivity contribution in [2.24, 2.45) is 0 Å². The van der Waals surface area contributed by atoms with Crippen LogP contribution in [0.3, 0.4) is 0 Å². The van der Waals surface area contributed by atoms with Gasteiger partial charge in [0.15, 0.2) is 0 Å². The highest BCUT2D eigenvalue weighted by Gasteiger charge is 2.46. The Morgan fingerprint density at radius 3 is 2.50 bits per heavy atom. The minimum absolute atomic E-state index is 0.00740. The van der Waals surface area contributed by atoms with Gasteiger partial charge >= 0.3 is 0 Å². The van der Waals surface area contributed by atoms with Gasteiger partial charge in [0, 0.05) is 18.2 Å². The van der Waals surface area contributed by atoms with Crippen LogP contribution < -0.4 is 10.1 Å². The van der Waals surface area contributed by atoms with Crippen molar-refractivity contribution in [1.29, 1.82) is 0 Å². The Bertz CT molecular complexity index is 1100. The topological polar surface area (TPSA) is 58.6 Å². The van der Waals surface area contributed by atoms with E-state index in [2.05, 4.69) is 16.3 Å². The third kappa shape index (κ3) is 5.07. The van der Waals surface area contributed by atoms with Crippen LogP contribution in [0.1, 0.15) is 97.7 Å². The van der Waals surface area contributed by atoms with Crippen molar-refractivity contribution in [3.63, 3.8) is 0 Å². The van der Waals surface area contributed by atoms with Crippen LogP contribution in [0.15, 0.2) is 60.2 Å². The number of hydrogen-bond donors (Lipinski definition) is 1. The number of amides is 2. The van der Waals surface area contributed by atoms with Crippen molar-refractivity contribution < 1.29 is 14.3 Å². The highest BCUT2D eigenvalue weighted by atomic mass is 16.5. The molecular weight excluding hydrogens is 448 g/mol. The molecule has 0 aromatic heterocycles. The second-order valence-corrected chi connectivity index (χ2v) is 10.4. The maximum atomic E-state index is 14.0. The third-order valence-corrected chi connectivity index (χ3v) is 8.21. The lowest BCUT2D eigenvalue weighted by Gasteiger charge is -2.46. The first-order chi connectivity index (χ1) is 17.7. The highest BCUT2D eigenvalue weighted by Crippen LogP contribution is 2.46. The average molecular weight is 487 g/mol. The Hall–Kier alpha value is -3.08. The predicted octanol–water partition coefficient (Wildman–Crippen LogP) is 6.32. The lowest BCUT2D eigenvalue weighted by Crippen LogP contribution is -2.52. The summed E-state index contributed by atoms with van der Waals surface area (Å²) >= 11 is 0. The summed E-state index contributed by atoms with van der Waals surface area (Å²) in [5, 5.41) is 3.26. The van der Waals surface area contributed by atoms with Crippen LogP contribution in [0.4, 0.5) is 0 Å². The van der Waals surface area contributed by atoms with Crippen LogP contribution in [0.2, 0.25) is 0 Å². The molecule has 3 aliphatic rings. The summed E-state index contributed by atoms with van der Waals surface area (Å²) in [5.41, 5.74) is 3.95. The number of nitrogens with one attached hydrogen (secondary N) is 1. The van der Waals surface area contributed by atoms with E-state index in [1.807, 2.05) is 48.5 Å². The summed E-state index contributed by atoms with van der Waals surface area (Å²) in [6, 6.07) is 15.4. The van der Waals surface area contributed by atoms with Crippen molar-refractivity contribution in [3.8, 4) is 5.75 Å². The smallest absolute Gasteiger partial charge is 0.254 e. The van der Waals surface area contributed by atoms with Gasteiger partial charge in [0.1, 0.15) is 5.75 Å². The number of hydrogen-bond acceptors (Lipinski definition) is 3. The van der Waals surface area contributed by atoms with Crippen LogP contribution in [0, 0.1) is 0 Å². The zero-order valence-corrected chi connectivity index (χ0v) is 21.4. The zero-order chi connectivity index (χ0) is 24.9. The van der Waals surface area contributed by atoms with Gasteiger partial charge < -0.3 is 15.0 Å². The van der Waals surface area contributed by atoms with E-state index in [1.54, 1.807) is 7.11 Å². The molecule has 36 heavy (non-hydrogen) atoms. The fourth-order valence-electron chi connectivity index (χ4n) is 6.34. The second-order valence-electron chi connectivity index (χ2n) is 10.4. The van der Waals surface area contributed by atoms with E-state index >= 15 is 0 Å². The maximum absolute atomic E-state index is 14.0. The van der Waals surface area contributed by atoms with E-state index < -0.39 is 5.92 Å². The monoisotopic (exact) mass is 486 g/mol. The highest BCUT2D eigenvalue weighted by molar-refractivity contribution is 6.01. The van der Waals surface area contributed by atoms with E-state index in [1.165, 1.54) is 24.8 Å². The van der Waals surface area contributed by atoms with E-state index in [9.17, 15) is 9.59 Å². The van der Waals surface area contributed by atoms with E-state index in [0.717, 1.165) is 61.8 Å². The summed E-state index contributed by atoms with van der Waals surface area (Å²) < 4.78 is 5.40. The molecule has 0 radical (unpaired) electrons. The van der Waals surface area contributed by atoms with Gasteiger partial charge in [0.25, 0.3) is 5.91 Å². The van der Waals surface area contributed by atoms with E-state index in [0.29, 0.717) is 12.1 Å². The van der Waals surface area contributed by atoms with Crippen molar-refractivity contribution in [2.45, 2.75) is 82.2 Å². The lowest BCUT2D eigenvalue weighted by atomic mass is 9.77. The van der Waals surface area contributed by atoms with Gasteiger partial charge in [-0.3, -0.25) is 9.59 Å². The number of fused-ring (bicyclic) bond motifs is 1.